The molecule has 0 rings (SSSR count). The third kappa shape index (κ3) is 65.4. The standard InChI is InChI=1S/C73H141NO5/c1-3-5-7-9-11-13-15-17-19-34-37-41-45-49-53-57-61-65-71(76)70(69-75)74-72(77)66-62-58-54-50-46-42-38-35-32-30-28-26-24-22-21-23-25-27-29-31-33-36-40-44-48-52-56-60-64-68-79-73(78)67-63-59-55-51-47-43-39-20-18-16-14-12-10-8-6-4-2/h20-21,23,39,70-71,75-76H,3-19,22,24-38,40-69H2,1-2H3,(H,74,77)/b23-21-,39-20-. The van der Waals surface area contributed by atoms with Gasteiger partial charge in [0.2, 0.25) is 5.91 Å². The maximum Gasteiger partial charge on any atom is 0.305 e. The summed E-state index contributed by atoms with van der Waals surface area (Å²) >= 11 is 0. The van der Waals surface area contributed by atoms with E-state index in [1.54, 1.807) is 0 Å². The van der Waals surface area contributed by atoms with Crippen LogP contribution in [0.1, 0.15) is 406 Å². The molecular formula is C73H141NO5. The van der Waals surface area contributed by atoms with Crippen LogP contribution in [0.3, 0.4) is 0 Å². The molecule has 0 aliphatic rings. The summed E-state index contributed by atoms with van der Waals surface area (Å²) < 4.78 is 5.50. The number of carbonyl (C=O) groups is 2. The summed E-state index contributed by atoms with van der Waals surface area (Å²) in [6.07, 6.45) is 86.6. The molecular weight excluding hydrogens is 971 g/mol. The summed E-state index contributed by atoms with van der Waals surface area (Å²) in [7, 11) is 0. The number of unbranched alkanes of at least 4 members (excludes halogenated alkanes) is 53. The van der Waals surface area contributed by atoms with E-state index in [-0.39, 0.29) is 18.5 Å². The highest BCUT2D eigenvalue weighted by Gasteiger charge is 2.20. The van der Waals surface area contributed by atoms with Crippen molar-refractivity contribution in [1.82, 2.24) is 5.32 Å². The summed E-state index contributed by atoms with van der Waals surface area (Å²) in [5.74, 6) is -0.0207. The van der Waals surface area contributed by atoms with E-state index in [1.165, 1.54) is 327 Å². The van der Waals surface area contributed by atoms with Gasteiger partial charge in [-0.3, -0.25) is 9.59 Å². The molecule has 0 radical (unpaired) electrons. The predicted octanol–water partition coefficient (Wildman–Crippen LogP) is 23.3. The Bertz CT molecular complexity index is 1230. The van der Waals surface area contributed by atoms with Gasteiger partial charge in [-0.15, -0.1) is 0 Å². The number of hydrogen-bond acceptors (Lipinski definition) is 5. The summed E-state index contributed by atoms with van der Waals surface area (Å²) in [4.78, 5) is 24.6. The molecule has 0 saturated heterocycles. The van der Waals surface area contributed by atoms with Gasteiger partial charge in [-0.1, -0.05) is 340 Å². The normalized spacial score (nSPS) is 12.6. The Balaban J connectivity index is 3.36. The van der Waals surface area contributed by atoms with Crippen LogP contribution in [0.15, 0.2) is 24.3 Å². The smallest absolute Gasteiger partial charge is 0.305 e. The molecule has 1 amide bonds. The first-order chi connectivity index (χ1) is 39.0. The van der Waals surface area contributed by atoms with Gasteiger partial charge < -0.3 is 20.3 Å². The fourth-order valence-corrected chi connectivity index (χ4v) is 11.5. The Kier molecular flexibility index (Phi) is 67.4. The number of nitrogens with one attached hydrogen (secondary N) is 1. The van der Waals surface area contributed by atoms with Gasteiger partial charge in [0.1, 0.15) is 0 Å². The van der Waals surface area contributed by atoms with Crippen molar-refractivity contribution in [3.8, 4) is 0 Å². The first-order valence-electron chi connectivity index (χ1n) is 36.1. The fourth-order valence-electron chi connectivity index (χ4n) is 11.5. The SMILES string of the molecule is CCCCCCCCC/C=C\CCCCCCCC(=O)OCCCCCCCCCCCCCC/C=C\CCCCCCCCCCCCCCCC(=O)NC(CO)C(O)CCCCCCCCCCCCCCCCCCC. The lowest BCUT2D eigenvalue weighted by molar-refractivity contribution is -0.143. The molecule has 0 heterocycles. The summed E-state index contributed by atoms with van der Waals surface area (Å²) in [6.45, 7) is 4.98. The molecule has 0 aliphatic heterocycles. The summed E-state index contributed by atoms with van der Waals surface area (Å²) in [5, 5.41) is 23.4. The third-order valence-corrected chi connectivity index (χ3v) is 17.0. The van der Waals surface area contributed by atoms with E-state index in [0.29, 0.717) is 25.9 Å². The maximum atomic E-state index is 12.5. The van der Waals surface area contributed by atoms with Crippen LogP contribution in [-0.4, -0.2) is 47.4 Å². The molecule has 2 atom stereocenters. The molecule has 0 fully saturated rings. The van der Waals surface area contributed by atoms with Gasteiger partial charge >= 0.3 is 5.97 Å². The van der Waals surface area contributed by atoms with Crippen LogP contribution in [0, 0.1) is 0 Å². The highest BCUT2D eigenvalue weighted by atomic mass is 16.5. The highest BCUT2D eigenvalue weighted by Crippen LogP contribution is 2.19. The minimum atomic E-state index is -0.664. The van der Waals surface area contributed by atoms with E-state index in [1.807, 2.05) is 0 Å². The van der Waals surface area contributed by atoms with Gasteiger partial charge in [0, 0.05) is 12.8 Å². The third-order valence-electron chi connectivity index (χ3n) is 17.0. The van der Waals surface area contributed by atoms with Crippen LogP contribution in [0.2, 0.25) is 0 Å². The van der Waals surface area contributed by atoms with E-state index < -0.39 is 12.1 Å². The molecule has 0 aliphatic carbocycles. The van der Waals surface area contributed by atoms with Gasteiger partial charge in [-0.05, 0) is 77.0 Å². The minimum absolute atomic E-state index is 0.00988. The number of carbonyl (C=O) groups excluding carboxylic acids is 2. The number of aliphatic hydroxyl groups is 2. The Hall–Kier alpha value is -1.66. The molecule has 6 nitrogen and oxygen atoms in total. The van der Waals surface area contributed by atoms with Gasteiger partial charge in [-0.2, -0.15) is 0 Å². The predicted molar refractivity (Wildman–Crippen MR) is 347 cm³/mol. The molecule has 6 heteroatoms. The summed E-state index contributed by atoms with van der Waals surface area (Å²) in [6, 6.07) is -0.541. The number of esters is 1. The Morgan fingerprint density at radius 2 is 0.595 bits per heavy atom. The zero-order valence-electron chi connectivity index (χ0n) is 53.6. The van der Waals surface area contributed by atoms with Gasteiger partial charge in [0.15, 0.2) is 0 Å². The molecule has 2 unspecified atom stereocenters. The fraction of sp³-hybridized carbons (Fsp3) is 0.918. The molecule has 3 N–H and O–H groups in total. The van der Waals surface area contributed by atoms with E-state index in [0.717, 1.165) is 44.9 Å². The largest absolute Gasteiger partial charge is 0.466 e. The molecule has 0 aromatic carbocycles. The van der Waals surface area contributed by atoms with Crippen LogP contribution in [-0.2, 0) is 14.3 Å². The lowest BCUT2D eigenvalue weighted by Crippen LogP contribution is -2.45. The van der Waals surface area contributed by atoms with E-state index in [4.69, 9.17) is 4.74 Å². The van der Waals surface area contributed by atoms with Gasteiger partial charge in [0.05, 0.1) is 25.4 Å². The Labute approximate surface area is 494 Å². The topological polar surface area (TPSA) is 95.9 Å². The molecule has 0 spiro atoms. The van der Waals surface area contributed by atoms with E-state index in [9.17, 15) is 19.8 Å². The number of amides is 1. The van der Waals surface area contributed by atoms with Crippen molar-refractivity contribution >= 4 is 11.9 Å². The second-order valence-electron chi connectivity index (χ2n) is 24.9. The van der Waals surface area contributed by atoms with Gasteiger partial charge in [-0.25, -0.2) is 0 Å². The number of allylic oxidation sites excluding steroid dienone is 4. The molecule has 468 valence electrons. The molecule has 0 aromatic rings. The zero-order chi connectivity index (χ0) is 57.1. The second-order valence-corrected chi connectivity index (χ2v) is 24.9. The average molecular weight is 1110 g/mol. The highest BCUT2D eigenvalue weighted by molar-refractivity contribution is 5.76. The first kappa shape index (κ1) is 77.3. The van der Waals surface area contributed by atoms with Crippen LogP contribution in [0.5, 0.6) is 0 Å². The first-order valence-corrected chi connectivity index (χ1v) is 36.1. The Morgan fingerprint density at radius 3 is 0.899 bits per heavy atom. The second kappa shape index (κ2) is 68.8. The number of ether oxygens (including phenoxy) is 1. The summed E-state index contributed by atoms with van der Waals surface area (Å²) in [5.41, 5.74) is 0. The molecule has 0 aromatic heterocycles. The van der Waals surface area contributed by atoms with Crippen molar-refractivity contribution in [2.45, 2.75) is 418 Å². The van der Waals surface area contributed by atoms with Crippen molar-refractivity contribution in [3.05, 3.63) is 24.3 Å². The van der Waals surface area contributed by atoms with Crippen molar-refractivity contribution in [2.75, 3.05) is 13.2 Å². The van der Waals surface area contributed by atoms with Crippen molar-refractivity contribution in [3.63, 3.8) is 0 Å². The number of aliphatic hydroxyl groups excluding tert-OH is 2. The van der Waals surface area contributed by atoms with Crippen molar-refractivity contribution in [2.24, 2.45) is 0 Å². The Morgan fingerprint density at radius 1 is 0.342 bits per heavy atom. The van der Waals surface area contributed by atoms with Gasteiger partial charge in [0.25, 0.3) is 0 Å². The quantitative estimate of drug-likeness (QED) is 0.0320. The van der Waals surface area contributed by atoms with Crippen LogP contribution >= 0.6 is 0 Å². The van der Waals surface area contributed by atoms with Crippen molar-refractivity contribution < 1.29 is 24.5 Å². The molecule has 0 bridgehead atoms. The van der Waals surface area contributed by atoms with E-state index >= 15 is 0 Å². The lowest BCUT2D eigenvalue weighted by atomic mass is 10.0. The number of rotatable bonds is 68. The van der Waals surface area contributed by atoms with Crippen LogP contribution < -0.4 is 5.32 Å². The van der Waals surface area contributed by atoms with Crippen LogP contribution in [0.25, 0.3) is 0 Å². The average Bonchev–Trinajstić information content (AvgIpc) is 3.45. The molecule has 0 saturated carbocycles. The van der Waals surface area contributed by atoms with E-state index in [2.05, 4.69) is 43.5 Å². The minimum Gasteiger partial charge on any atom is -0.466 e. The lowest BCUT2D eigenvalue weighted by Gasteiger charge is -2.22. The zero-order valence-corrected chi connectivity index (χ0v) is 53.6. The van der Waals surface area contributed by atoms with Crippen molar-refractivity contribution in [1.29, 1.82) is 0 Å². The maximum absolute atomic E-state index is 12.5. The molecule has 79 heavy (non-hydrogen) atoms. The van der Waals surface area contributed by atoms with Crippen LogP contribution in [0.4, 0.5) is 0 Å². The number of hydrogen-bond donors (Lipinski definition) is 3. The monoisotopic (exact) mass is 1110 g/mol.